The van der Waals surface area contributed by atoms with Crippen LogP contribution in [0.4, 0.5) is 0 Å². The molecule has 6 heteroatoms. The highest BCUT2D eigenvalue weighted by molar-refractivity contribution is 5.80. The Kier molecular flexibility index (Phi) is 5.21. The summed E-state index contributed by atoms with van der Waals surface area (Å²) in [6.07, 6.45) is 0.445. The summed E-state index contributed by atoms with van der Waals surface area (Å²) in [5, 5.41) is 8.51. The molecule has 2 unspecified atom stereocenters. The van der Waals surface area contributed by atoms with Crippen LogP contribution < -0.4 is 16.0 Å². The zero-order valence-electron chi connectivity index (χ0n) is 9.71. The number of rotatable bonds is 6. The Hall–Kier alpha value is -1.14. The van der Waals surface area contributed by atoms with Gasteiger partial charge in [0.15, 0.2) is 0 Å². The molecule has 0 aliphatic carbocycles. The van der Waals surface area contributed by atoms with Gasteiger partial charge in [-0.05, 0) is 6.92 Å². The van der Waals surface area contributed by atoms with E-state index in [1.54, 1.807) is 7.11 Å². The van der Waals surface area contributed by atoms with Crippen LogP contribution in [0.2, 0.25) is 0 Å². The van der Waals surface area contributed by atoms with Gasteiger partial charge in [0.1, 0.15) is 0 Å². The molecule has 1 saturated heterocycles. The number of ether oxygens (including phenoxy) is 1. The first-order chi connectivity index (χ1) is 7.61. The first kappa shape index (κ1) is 12.9. The van der Waals surface area contributed by atoms with Crippen molar-refractivity contribution in [1.29, 1.82) is 0 Å². The van der Waals surface area contributed by atoms with Gasteiger partial charge in [-0.15, -0.1) is 0 Å². The first-order valence-corrected chi connectivity index (χ1v) is 5.40. The molecule has 0 spiro atoms. The van der Waals surface area contributed by atoms with E-state index in [-0.39, 0.29) is 30.4 Å². The minimum absolute atomic E-state index is 0.00244. The van der Waals surface area contributed by atoms with Gasteiger partial charge in [-0.3, -0.25) is 9.59 Å². The number of amides is 2. The van der Waals surface area contributed by atoms with Crippen LogP contribution in [0, 0.1) is 0 Å². The van der Waals surface area contributed by atoms with E-state index in [9.17, 15) is 9.59 Å². The van der Waals surface area contributed by atoms with Crippen LogP contribution in [-0.2, 0) is 14.3 Å². The largest absolute Gasteiger partial charge is 0.383 e. The molecule has 6 nitrogen and oxygen atoms in total. The summed E-state index contributed by atoms with van der Waals surface area (Å²) in [4.78, 5) is 22.3. The normalized spacial score (nSPS) is 21.6. The minimum atomic E-state index is -0.0797. The summed E-state index contributed by atoms with van der Waals surface area (Å²) in [7, 11) is 1.59. The Morgan fingerprint density at radius 1 is 1.69 bits per heavy atom. The summed E-state index contributed by atoms with van der Waals surface area (Å²) in [6.45, 7) is 3.20. The molecule has 2 amide bonds. The molecule has 1 heterocycles. The molecular weight excluding hydrogens is 210 g/mol. The lowest BCUT2D eigenvalue weighted by molar-refractivity contribution is -0.122. The van der Waals surface area contributed by atoms with Crippen molar-refractivity contribution in [3.63, 3.8) is 0 Å². The standard InChI is InChI=1S/C10H19N3O3/c1-7(6-16-2)13-10(15)5-11-8-3-9(14)12-4-8/h7-8,11H,3-6H2,1-2H3,(H,12,14)(H,13,15). The molecule has 16 heavy (non-hydrogen) atoms. The van der Waals surface area contributed by atoms with Crippen molar-refractivity contribution in [2.45, 2.75) is 25.4 Å². The number of hydrogen-bond acceptors (Lipinski definition) is 4. The Labute approximate surface area is 95.1 Å². The van der Waals surface area contributed by atoms with Crippen LogP contribution in [0.25, 0.3) is 0 Å². The van der Waals surface area contributed by atoms with Crippen molar-refractivity contribution < 1.29 is 14.3 Å². The second-order valence-corrected chi connectivity index (χ2v) is 4.01. The number of methoxy groups -OCH3 is 1. The smallest absolute Gasteiger partial charge is 0.234 e. The summed E-state index contributed by atoms with van der Waals surface area (Å²) < 4.78 is 4.91. The lowest BCUT2D eigenvalue weighted by Gasteiger charge is -2.14. The molecule has 1 aliphatic heterocycles. The lowest BCUT2D eigenvalue weighted by atomic mass is 10.2. The second-order valence-electron chi connectivity index (χ2n) is 4.01. The van der Waals surface area contributed by atoms with Gasteiger partial charge in [-0.2, -0.15) is 0 Å². The van der Waals surface area contributed by atoms with Crippen LogP contribution in [0.15, 0.2) is 0 Å². The zero-order valence-corrected chi connectivity index (χ0v) is 9.71. The molecule has 1 aliphatic rings. The van der Waals surface area contributed by atoms with Crippen molar-refractivity contribution >= 4 is 11.8 Å². The fourth-order valence-electron chi connectivity index (χ4n) is 1.60. The maximum Gasteiger partial charge on any atom is 0.234 e. The Bertz CT molecular complexity index is 258. The number of carbonyl (C=O) groups is 2. The molecule has 2 atom stereocenters. The van der Waals surface area contributed by atoms with Crippen molar-refractivity contribution in [3.8, 4) is 0 Å². The molecule has 0 saturated carbocycles. The van der Waals surface area contributed by atoms with E-state index < -0.39 is 0 Å². The summed E-state index contributed by atoms with van der Waals surface area (Å²) >= 11 is 0. The fraction of sp³-hybridized carbons (Fsp3) is 0.800. The average Bonchev–Trinajstić information content (AvgIpc) is 2.61. The maximum absolute atomic E-state index is 11.4. The van der Waals surface area contributed by atoms with Crippen LogP contribution in [0.5, 0.6) is 0 Å². The fourth-order valence-corrected chi connectivity index (χ4v) is 1.60. The molecular formula is C10H19N3O3. The third kappa shape index (κ3) is 4.59. The zero-order chi connectivity index (χ0) is 12.0. The predicted molar refractivity (Wildman–Crippen MR) is 58.9 cm³/mol. The van der Waals surface area contributed by atoms with Gasteiger partial charge in [-0.25, -0.2) is 0 Å². The number of carbonyl (C=O) groups excluding carboxylic acids is 2. The van der Waals surface area contributed by atoms with Crippen LogP contribution >= 0.6 is 0 Å². The van der Waals surface area contributed by atoms with Crippen LogP contribution in [0.1, 0.15) is 13.3 Å². The molecule has 1 fully saturated rings. The first-order valence-electron chi connectivity index (χ1n) is 5.40. The predicted octanol–water partition coefficient (Wildman–Crippen LogP) is -1.38. The SMILES string of the molecule is COCC(C)NC(=O)CNC1CNC(=O)C1. The van der Waals surface area contributed by atoms with Gasteiger partial charge in [0.2, 0.25) is 11.8 Å². The minimum Gasteiger partial charge on any atom is -0.383 e. The summed E-state index contributed by atoms with van der Waals surface area (Å²) in [5.41, 5.74) is 0. The van der Waals surface area contributed by atoms with E-state index in [2.05, 4.69) is 16.0 Å². The molecule has 0 aromatic rings. The summed E-state index contributed by atoms with van der Waals surface area (Å²) in [6, 6.07) is 0.0682. The van der Waals surface area contributed by atoms with Gasteiger partial charge in [0.25, 0.3) is 0 Å². The third-order valence-corrected chi connectivity index (χ3v) is 2.35. The van der Waals surface area contributed by atoms with Gasteiger partial charge in [-0.1, -0.05) is 0 Å². The van der Waals surface area contributed by atoms with Gasteiger partial charge >= 0.3 is 0 Å². The van der Waals surface area contributed by atoms with Crippen molar-refractivity contribution in [3.05, 3.63) is 0 Å². The van der Waals surface area contributed by atoms with E-state index in [1.807, 2.05) is 6.92 Å². The van der Waals surface area contributed by atoms with Crippen LogP contribution in [0.3, 0.4) is 0 Å². The number of hydrogen-bond donors (Lipinski definition) is 3. The Morgan fingerprint density at radius 2 is 2.44 bits per heavy atom. The second kappa shape index (κ2) is 6.44. The highest BCUT2D eigenvalue weighted by atomic mass is 16.5. The van der Waals surface area contributed by atoms with E-state index in [1.165, 1.54) is 0 Å². The van der Waals surface area contributed by atoms with E-state index in [4.69, 9.17) is 4.74 Å². The molecule has 0 bridgehead atoms. The average molecular weight is 229 g/mol. The topological polar surface area (TPSA) is 79.5 Å². The third-order valence-electron chi connectivity index (χ3n) is 2.35. The molecule has 0 radical (unpaired) electrons. The van der Waals surface area contributed by atoms with E-state index in [0.717, 1.165) is 0 Å². The maximum atomic E-state index is 11.4. The lowest BCUT2D eigenvalue weighted by Crippen LogP contribution is -2.44. The molecule has 1 rings (SSSR count). The Balaban J connectivity index is 2.12. The molecule has 0 aromatic heterocycles. The highest BCUT2D eigenvalue weighted by Crippen LogP contribution is 1.97. The summed E-state index contributed by atoms with van der Waals surface area (Å²) in [5.74, 6) is -0.0467. The van der Waals surface area contributed by atoms with Crippen LogP contribution in [-0.4, -0.2) is 50.7 Å². The Morgan fingerprint density at radius 3 is 3.00 bits per heavy atom. The number of nitrogens with one attached hydrogen (secondary N) is 3. The van der Waals surface area contributed by atoms with E-state index >= 15 is 0 Å². The van der Waals surface area contributed by atoms with Crippen molar-refractivity contribution in [2.24, 2.45) is 0 Å². The highest BCUT2D eigenvalue weighted by Gasteiger charge is 2.21. The molecule has 3 N–H and O–H groups in total. The van der Waals surface area contributed by atoms with E-state index in [0.29, 0.717) is 19.6 Å². The van der Waals surface area contributed by atoms with Gasteiger partial charge in [0.05, 0.1) is 13.2 Å². The molecule has 92 valence electrons. The molecule has 0 aromatic carbocycles. The quantitative estimate of drug-likeness (QED) is 0.524. The van der Waals surface area contributed by atoms with Crippen molar-refractivity contribution in [2.75, 3.05) is 26.8 Å². The van der Waals surface area contributed by atoms with Crippen molar-refractivity contribution in [1.82, 2.24) is 16.0 Å². The van der Waals surface area contributed by atoms with Gasteiger partial charge in [0, 0.05) is 32.2 Å². The van der Waals surface area contributed by atoms with Gasteiger partial charge < -0.3 is 20.7 Å². The monoisotopic (exact) mass is 229 g/mol.